The lowest BCUT2D eigenvalue weighted by Gasteiger charge is -2.47. The van der Waals surface area contributed by atoms with Gasteiger partial charge in [0, 0.05) is 55.3 Å². The van der Waals surface area contributed by atoms with Crippen molar-refractivity contribution in [2.24, 2.45) is 5.41 Å². The number of phenolic OH excluding ortho intramolecular Hbond substituents is 1. The number of cyclic esters (lactones) is 1. The van der Waals surface area contributed by atoms with Crippen molar-refractivity contribution < 1.29 is 37.3 Å². The van der Waals surface area contributed by atoms with E-state index in [2.05, 4.69) is 20.8 Å². The van der Waals surface area contributed by atoms with Crippen LogP contribution in [0, 0.1) is 29.4 Å². The molecule has 5 saturated heterocycles. The van der Waals surface area contributed by atoms with Crippen LogP contribution in [0.25, 0.3) is 32.9 Å². The molecule has 14 heteroatoms. The number of rotatable bonds is 6. The highest BCUT2D eigenvalue weighted by Gasteiger charge is 2.58. The van der Waals surface area contributed by atoms with Gasteiger partial charge < -0.3 is 24.4 Å². The Balaban J connectivity index is 1.13. The van der Waals surface area contributed by atoms with E-state index in [-0.39, 0.29) is 69.5 Å². The van der Waals surface area contributed by atoms with E-state index >= 15 is 4.39 Å². The minimum absolute atomic E-state index is 0.0831. The largest absolute Gasteiger partial charge is 0.508 e. The van der Waals surface area contributed by atoms with Crippen LogP contribution in [0.1, 0.15) is 51.5 Å². The number of hydrogen-bond donors (Lipinski definition) is 1. The number of carbonyl (C=O) groups excluding carboxylic acids is 2. The van der Waals surface area contributed by atoms with Crippen LogP contribution in [0.2, 0.25) is 0 Å². The van der Waals surface area contributed by atoms with Crippen molar-refractivity contribution in [2.45, 2.75) is 75.8 Å². The summed E-state index contributed by atoms with van der Waals surface area (Å²) in [7, 11) is 0. The van der Waals surface area contributed by atoms with E-state index in [0.29, 0.717) is 37.3 Å². The van der Waals surface area contributed by atoms with E-state index in [0.717, 1.165) is 32.2 Å². The topological polar surface area (TPSA) is 121 Å². The Morgan fingerprint density at radius 2 is 1.92 bits per heavy atom. The molecular formula is C39H37F3N6O5. The van der Waals surface area contributed by atoms with Crippen LogP contribution in [-0.4, -0.2) is 104 Å². The van der Waals surface area contributed by atoms with Gasteiger partial charge >= 0.3 is 12.0 Å². The molecule has 5 aliphatic heterocycles. The Morgan fingerprint density at radius 1 is 1.15 bits per heavy atom. The Morgan fingerprint density at radius 3 is 2.64 bits per heavy atom. The zero-order valence-corrected chi connectivity index (χ0v) is 29.2. The minimum atomic E-state index is -0.976. The molecule has 53 heavy (non-hydrogen) atoms. The Kier molecular flexibility index (Phi) is 7.58. The molecule has 11 nitrogen and oxygen atoms in total. The fourth-order valence-electron chi connectivity index (χ4n) is 9.30. The van der Waals surface area contributed by atoms with Crippen LogP contribution in [0.5, 0.6) is 11.8 Å². The lowest BCUT2D eigenvalue weighted by Crippen LogP contribution is -2.65. The number of aromatic hydroxyl groups is 1. The van der Waals surface area contributed by atoms with Crippen molar-refractivity contribution in [3.63, 3.8) is 0 Å². The maximum absolute atomic E-state index is 17.1. The molecule has 0 radical (unpaired) electrons. The molecule has 7 heterocycles. The maximum Gasteiger partial charge on any atom is 0.319 e. The number of phenols is 1. The summed E-state index contributed by atoms with van der Waals surface area (Å²) in [4.78, 5) is 45.5. The summed E-state index contributed by atoms with van der Waals surface area (Å²) >= 11 is 0. The van der Waals surface area contributed by atoms with Crippen molar-refractivity contribution >= 4 is 39.4 Å². The summed E-state index contributed by atoms with van der Waals surface area (Å²) in [6.45, 7) is 5.34. The molecule has 0 aliphatic carbocycles. The first kappa shape index (κ1) is 33.7. The molecule has 2 aromatic heterocycles. The van der Waals surface area contributed by atoms with Gasteiger partial charge in [0.05, 0.1) is 16.5 Å². The van der Waals surface area contributed by atoms with Gasteiger partial charge in [-0.2, -0.15) is 9.97 Å². The highest BCUT2D eigenvalue weighted by atomic mass is 19.1. The first-order valence-electron chi connectivity index (χ1n) is 18.0. The molecule has 1 N–H and O–H groups in total. The van der Waals surface area contributed by atoms with Crippen LogP contribution in [0.4, 0.5) is 19.0 Å². The number of aromatic nitrogens is 3. The predicted octanol–water partition coefficient (Wildman–Crippen LogP) is 4.90. The van der Waals surface area contributed by atoms with Crippen molar-refractivity contribution in [3.05, 3.63) is 47.7 Å². The highest BCUT2D eigenvalue weighted by Crippen LogP contribution is 2.44. The van der Waals surface area contributed by atoms with Gasteiger partial charge in [0.2, 0.25) is 0 Å². The Hall–Kier alpha value is -5.16. The van der Waals surface area contributed by atoms with E-state index in [1.54, 1.807) is 13.8 Å². The molecule has 5 aliphatic rings. The van der Waals surface area contributed by atoms with Crippen molar-refractivity contribution in [3.8, 4) is 35.4 Å². The van der Waals surface area contributed by atoms with Gasteiger partial charge in [0.1, 0.15) is 46.8 Å². The number of esters is 1. The van der Waals surface area contributed by atoms with E-state index < -0.39 is 40.8 Å². The van der Waals surface area contributed by atoms with E-state index in [1.807, 2.05) is 9.80 Å². The average molecular weight is 727 g/mol. The summed E-state index contributed by atoms with van der Waals surface area (Å²) in [6.07, 6.45) is 8.73. The lowest BCUT2D eigenvalue weighted by atomic mass is 9.80. The quantitative estimate of drug-likeness (QED) is 0.217. The molecule has 2 aromatic carbocycles. The third-order valence-electron chi connectivity index (χ3n) is 12.0. The van der Waals surface area contributed by atoms with E-state index in [4.69, 9.17) is 20.9 Å². The fourth-order valence-corrected chi connectivity index (χ4v) is 9.30. The highest BCUT2D eigenvalue weighted by molar-refractivity contribution is 6.03. The molecule has 2 bridgehead atoms. The van der Waals surface area contributed by atoms with Crippen molar-refractivity contribution in [2.75, 3.05) is 37.7 Å². The molecule has 4 aromatic rings. The zero-order valence-electron chi connectivity index (χ0n) is 29.2. The van der Waals surface area contributed by atoms with Crippen LogP contribution in [0.3, 0.4) is 0 Å². The van der Waals surface area contributed by atoms with Crippen LogP contribution in [-0.2, 0) is 14.3 Å². The second-order valence-corrected chi connectivity index (χ2v) is 15.6. The smallest absolute Gasteiger partial charge is 0.319 e. The zero-order chi connectivity index (χ0) is 37.0. The summed E-state index contributed by atoms with van der Waals surface area (Å²) in [5.74, 6) is 0.354. The molecular weight excluding hydrogens is 689 g/mol. The van der Waals surface area contributed by atoms with Crippen LogP contribution in [0.15, 0.2) is 30.5 Å². The first-order valence-corrected chi connectivity index (χ1v) is 18.0. The SMILES string of the molecule is C#Cc1c(F)ccc2cc(O)cc(-c3ncc4c(N5CC6CCC(C5)N6C(=O)[C@H]5OC(=O)C5(C)C)nc(OC[C@@]56CCCN5C[C@H](F)C6)nc4c3F)c12. The van der Waals surface area contributed by atoms with Gasteiger partial charge in [-0.05, 0) is 69.7 Å². The number of piperazine rings is 1. The summed E-state index contributed by atoms with van der Waals surface area (Å²) in [5, 5.41) is 11.5. The Bertz CT molecular complexity index is 2270. The third kappa shape index (κ3) is 5.10. The normalized spacial score (nSPS) is 27.5. The number of carbonyl (C=O) groups is 2. The molecule has 0 spiro atoms. The van der Waals surface area contributed by atoms with Crippen molar-refractivity contribution in [1.82, 2.24) is 24.8 Å². The number of benzene rings is 2. The molecule has 5 fully saturated rings. The number of ether oxygens (including phenoxy) is 2. The summed E-state index contributed by atoms with van der Waals surface area (Å²) in [6, 6.07) is 4.80. The van der Waals surface area contributed by atoms with Crippen molar-refractivity contribution in [1.29, 1.82) is 0 Å². The standard InChI is InChI=1S/C39H37F3N6O5/c1-4-25-28(41)9-6-20-12-24(49)13-26(29(20)25)31-30(42)32-27(15-43-31)34(45-37(44-32)52-19-39-10-5-11-47(39)16-21(40)14-39)46-17-22-7-8-23(18-46)48(22)35(50)33-38(2,3)36(51)53-33/h1,6,9,12-13,15,21-23,33,49H,5,7-8,10-11,14,16-19H2,2-3H3/t21-,22?,23?,33-,39+/m1/s1. The second kappa shape index (κ2) is 11.9. The van der Waals surface area contributed by atoms with E-state index in [1.165, 1.54) is 30.5 Å². The number of anilines is 1. The van der Waals surface area contributed by atoms with Gasteiger partial charge in [-0.15, -0.1) is 6.42 Å². The lowest BCUT2D eigenvalue weighted by molar-refractivity contribution is -0.207. The number of pyridine rings is 1. The monoisotopic (exact) mass is 726 g/mol. The summed E-state index contributed by atoms with van der Waals surface area (Å²) in [5.41, 5.74) is -1.76. The van der Waals surface area contributed by atoms with Gasteiger partial charge in [-0.1, -0.05) is 12.0 Å². The first-order chi connectivity index (χ1) is 25.4. The van der Waals surface area contributed by atoms with Gasteiger partial charge in [0.25, 0.3) is 5.91 Å². The van der Waals surface area contributed by atoms with Crippen LogP contribution < -0.4 is 9.64 Å². The van der Waals surface area contributed by atoms with Crippen LogP contribution >= 0.6 is 0 Å². The number of halogens is 3. The third-order valence-corrected chi connectivity index (χ3v) is 12.0. The molecule has 9 rings (SSSR count). The molecule has 274 valence electrons. The number of fused-ring (bicyclic) bond motifs is 5. The molecule has 1 amide bonds. The number of amides is 1. The fraction of sp³-hybridized carbons (Fsp3) is 0.462. The minimum Gasteiger partial charge on any atom is -0.508 e. The van der Waals surface area contributed by atoms with Gasteiger partial charge in [-0.25, -0.2) is 13.2 Å². The number of alkyl halides is 1. The predicted molar refractivity (Wildman–Crippen MR) is 188 cm³/mol. The molecule has 2 unspecified atom stereocenters. The average Bonchev–Trinajstić information content (AvgIpc) is 3.75. The number of hydrogen-bond acceptors (Lipinski definition) is 10. The molecule has 0 saturated carbocycles. The number of terminal acetylenes is 1. The van der Waals surface area contributed by atoms with E-state index in [9.17, 15) is 23.5 Å². The maximum atomic E-state index is 17.1. The number of nitrogens with zero attached hydrogens (tertiary/aromatic N) is 6. The molecule has 5 atom stereocenters. The second-order valence-electron chi connectivity index (χ2n) is 15.6. The Labute approximate surface area is 303 Å². The van der Waals surface area contributed by atoms with Gasteiger partial charge in [-0.3, -0.25) is 19.5 Å². The summed E-state index contributed by atoms with van der Waals surface area (Å²) < 4.78 is 58.2. The van der Waals surface area contributed by atoms with Gasteiger partial charge in [0.15, 0.2) is 11.9 Å².